The van der Waals surface area contributed by atoms with E-state index in [9.17, 15) is 8.78 Å². The van der Waals surface area contributed by atoms with Gasteiger partial charge in [-0.05, 0) is 28.8 Å². The zero-order valence-corrected chi connectivity index (χ0v) is 13.0. The van der Waals surface area contributed by atoms with Crippen molar-refractivity contribution < 1.29 is 8.78 Å². The van der Waals surface area contributed by atoms with Gasteiger partial charge in [-0.1, -0.05) is 73.3 Å². The number of nitrogens with two attached hydrogens (primary N) is 1. The molecule has 24 heavy (non-hydrogen) atoms. The molecule has 0 saturated heterocycles. The summed E-state index contributed by atoms with van der Waals surface area (Å²) in [6, 6.07) is 22.8. The molecule has 3 aromatic rings. The van der Waals surface area contributed by atoms with Crippen LogP contribution in [0.25, 0.3) is 0 Å². The molecule has 0 fully saturated rings. The lowest BCUT2D eigenvalue weighted by atomic mass is 9.67. The molecule has 3 rings (SSSR count). The largest absolute Gasteiger partial charge is 0.401 e. The molecule has 0 spiro atoms. The van der Waals surface area contributed by atoms with Crippen LogP contribution in [0.5, 0.6) is 0 Å². The molecule has 0 bridgehead atoms. The highest BCUT2D eigenvalue weighted by atomic mass is 19.2. The van der Waals surface area contributed by atoms with Gasteiger partial charge in [-0.15, -0.1) is 0 Å². The monoisotopic (exact) mass is 321 g/mol. The SMILES string of the molecule is C=C(N)C(c1ccccc1)(c1ccccc1)c1ccc(F)c(F)c1. The normalized spacial score (nSPS) is 11.2. The van der Waals surface area contributed by atoms with Crippen LogP contribution in [0.4, 0.5) is 8.78 Å². The van der Waals surface area contributed by atoms with E-state index in [1.807, 2.05) is 60.7 Å². The maximum atomic E-state index is 14.0. The summed E-state index contributed by atoms with van der Waals surface area (Å²) in [5.41, 5.74) is 7.84. The van der Waals surface area contributed by atoms with Crippen molar-refractivity contribution in [1.82, 2.24) is 0 Å². The highest BCUT2D eigenvalue weighted by Gasteiger charge is 2.38. The molecule has 0 aliphatic heterocycles. The third kappa shape index (κ3) is 2.48. The predicted octanol–water partition coefficient (Wildman–Crippen LogP) is 4.77. The van der Waals surface area contributed by atoms with E-state index < -0.39 is 17.0 Å². The maximum absolute atomic E-state index is 14.0. The lowest BCUT2D eigenvalue weighted by molar-refractivity contribution is 0.504. The van der Waals surface area contributed by atoms with Crippen LogP contribution in [0, 0.1) is 11.6 Å². The number of rotatable bonds is 4. The van der Waals surface area contributed by atoms with Crippen LogP contribution in [-0.2, 0) is 5.41 Å². The van der Waals surface area contributed by atoms with Gasteiger partial charge in [0.05, 0.1) is 5.41 Å². The van der Waals surface area contributed by atoms with Gasteiger partial charge in [0.2, 0.25) is 0 Å². The number of benzene rings is 3. The second kappa shape index (κ2) is 6.28. The minimum atomic E-state index is -0.961. The standard InChI is InChI=1S/C21H17F2N/c1-15(24)21(16-8-4-2-5-9-16,17-10-6-3-7-11-17)18-12-13-19(22)20(23)14-18/h2-14H,1,24H2. The Kier molecular flexibility index (Phi) is 4.17. The van der Waals surface area contributed by atoms with Crippen LogP contribution in [0.3, 0.4) is 0 Å². The third-order valence-corrected chi connectivity index (χ3v) is 4.25. The summed E-state index contributed by atoms with van der Waals surface area (Å²) < 4.78 is 27.4. The van der Waals surface area contributed by atoms with Crippen LogP contribution in [0.15, 0.2) is 91.1 Å². The molecule has 0 radical (unpaired) electrons. The van der Waals surface area contributed by atoms with Crippen molar-refractivity contribution in [3.05, 3.63) is 119 Å². The summed E-state index contributed by atoms with van der Waals surface area (Å²) in [4.78, 5) is 0. The number of hydrogen-bond acceptors (Lipinski definition) is 1. The summed E-state index contributed by atoms with van der Waals surface area (Å²) in [7, 11) is 0. The van der Waals surface area contributed by atoms with E-state index in [1.165, 1.54) is 6.07 Å². The van der Waals surface area contributed by atoms with E-state index in [1.54, 1.807) is 6.07 Å². The molecule has 0 aromatic heterocycles. The Morgan fingerprint density at radius 3 is 1.62 bits per heavy atom. The highest BCUT2D eigenvalue weighted by Crippen LogP contribution is 2.43. The Hall–Kier alpha value is -2.94. The molecule has 1 nitrogen and oxygen atoms in total. The summed E-state index contributed by atoms with van der Waals surface area (Å²) >= 11 is 0. The van der Waals surface area contributed by atoms with E-state index in [0.717, 1.165) is 17.2 Å². The van der Waals surface area contributed by atoms with Crippen molar-refractivity contribution in [3.63, 3.8) is 0 Å². The van der Waals surface area contributed by atoms with Crippen LogP contribution < -0.4 is 5.73 Å². The Morgan fingerprint density at radius 1 is 0.708 bits per heavy atom. The summed E-state index contributed by atoms with van der Waals surface area (Å²) in [6.07, 6.45) is 0. The summed E-state index contributed by atoms with van der Waals surface area (Å²) in [6.45, 7) is 3.97. The van der Waals surface area contributed by atoms with Crippen LogP contribution in [0.2, 0.25) is 0 Å². The summed E-state index contributed by atoms with van der Waals surface area (Å²) in [5, 5.41) is 0. The molecule has 2 N–H and O–H groups in total. The van der Waals surface area contributed by atoms with Crippen molar-refractivity contribution in [1.29, 1.82) is 0 Å². The lowest BCUT2D eigenvalue weighted by Gasteiger charge is -2.36. The van der Waals surface area contributed by atoms with Gasteiger partial charge in [0.15, 0.2) is 11.6 Å². The molecule has 0 aliphatic rings. The fraction of sp³-hybridized carbons (Fsp3) is 0.0476. The first-order valence-corrected chi connectivity index (χ1v) is 7.58. The highest BCUT2D eigenvalue weighted by molar-refractivity contribution is 5.57. The van der Waals surface area contributed by atoms with Crippen molar-refractivity contribution in [2.45, 2.75) is 5.41 Å². The fourth-order valence-corrected chi connectivity index (χ4v) is 3.16. The van der Waals surface area contributed by atoms with E-state index >= 15 is 0 Å². The van der Waals surface area contributed by atoms with E-state index in [-0.39, 0.29) is 0 Å². The molecule has 0 atom stereocenters. The first-order valence-electron chi connectivity index (χ1n) is 7.58. The van der Waals surface area contributed by atoms with E-state index in [4.69, 9.17) is 5.73 Å². The lowest BCUT2D eigenvalue weighted by Crippen LogP contribution is -2.35. The minimum absolute atomic E-state index is 0.339. The predicted molar refractivity (Wildman–Crippen MR) is 92.5 cm³/mol. The zero-order chi connectivity index (χ0) is 17.2. The molecular weight excluding hydrogens is 304 g/mol. The maximum Gasteiger partial charge on any atom is 0.159 e. The minimum Gasteiger partial charge on any atom is -0.401 e. The van der Waals surface area contributed by atoms with Crippen molar-refractivity contribution in [2.75, 3.05) is 0 Å². The first-order chi connectivity index (χ1) is 11.6. The molecular formula is C21H17F2N. The van der Waals surface area contributed by atoms with Gasteiger partial charge >= 0.3 is 0 Å². The Morgan fingerprint density at radius 2 is 1.21 bits per heavy atom. The Balaban J connectivity index is 2.39. The van der Waals surface area contributed by atoms with E-state index in [2.05, 4.69) is 6.58 Å². The van der Waals surface area contributed by atoms with Gasteiger partial charge < -0.3 is 5.73 Å². The van der Waals surface area contributed by atoms with Crippen LogP contribution >= 0.6 is 0 Å². The average molecular weight is 321 g/mol. The quantitative estimate of drug-likeness (QED) is 0.688. The fourth-order valence-electron chi connectivity index (χ4n) is 3.16. The number of hydrogen-bond donors (Lipinski definition) is 1. The Labute approximate surface area is 140 Å². The Bertz CT molecular complexity index is 818. The average Bonchev–Trinajstić information content (AvgIpc) is 2.60. The second-order valence-corrected chi connectivity index (χ2v) is 5.64. The number of halogens is 2. The molecule has 0 amide bonds. The van der Waals surface area contributed by atoms with Crippen molar-refractivity contribution in [3.8, 4) is 0 Å². The van der Waals surface area contributed by atoms with Gasteiger partial charge in [0.1, 0.15) is 0 Å². The molecule has 0 heterocycles. The molecule has 0 unspecified atom stereocenters. The van der Waals surface area contributed by atoms with Crippen LogP contribution in [-0.4, -0.2) is 0 Å². The smallest absolute Gasteiger partial charge is 0.159 e. The topological polar surface area (TPSA) is 26.0 Å². The zero-order valence-electron chi connectivity index (χ0n) is 13.0. The van der Waals surface area contributed by atoms with Gasteiger partial charge in [-0.25, -0.2) is 8.78 Å². The molecule has 3 aromatic carbocycles. The second-order valence-electron chi connectivity index (χ2n) is 5.64. The van der Waals surface area contributed by atoms with Gasteiger partial charge in [-0.3, -0.25) is 0 Å². The molecule has 0 saturated carbocycles. The molecule has 3 heteroatoms. The van der Waals surface area contributed by atoms with Crippen molar-refractivity contribution in [2.24, 2.45) is 5.73 Å². The molecule has 0 aliphatic carbocycles. The summed E-state index contributed by atoms with van der Waals surface area (Å²) in [5.74, 6) is -1.80. The third-order valence-electron chi connectivity index (χ3n) is 4.25. The first kappa shape index (κ1) is 15.9. The van der Waals surface area contributed by atoms with E-state index in [0.29, 0.717) is 11.3 Å². The number of allylic oxidation sites excluding steroid dienone is 1. The van der Waals surface area contributed by atoms with Gasteiger partial charge in [-0.2, -0.15) is 0 Å². The molecule has 120 valence electrons. The van der Waals surface area contributed by atoms with Crippen LogP contribution in [0.1, 0.15) is 16.7 Å². The van der Waals surface area contributed by atoms with Crippen molar-refractivity contribution >= 4 is 0 Å². The van der Waals surface area contributed by atoms with Gasteiger partial charge in [0.25, 0.3) is 0 Å². The van der Waals surface area contributed by atoms with Gasteiger partial charge in [0, 0.05) is 5.70 Å².